The van der Waals surface area contributed by atoms with Crippen LogP contribution in [0.1, 0.15) is 30.9 Å². The molecular formula is C25H30N4O3S. The molecule has 0 spiro atoms. The van der Waals surface area contributed by atoms with E-state index in [1.54, 1.807) is 0 Å². The average molecular weight is 467 g/mol. The van der Waals surface area contributed by atoms with Gasteiger partial charge in [0.05, 0.1) is 23.4 Å². The quantitative estimate of drug-likeness (QED) is 0.532. The predicted molar refractivity (Wildman–Crippen MR) is 133 cm³/mol. The van der Waals surface area contributed by atoms with Crippen molar-refractivity contribution >= 4 is 44.2 Å². The van der Waals surface area contributed by atoms with Crippen LogP contribution in [0.4, 0.5) is 10.8 Å². The second kappa shape index (κ2) is 10.3. The molecule has 4 rings (SSSR count). The SMILES string of the molecule is CCOc1ccc2nc(NC(=O)C3CCN(CC(=O)Nc4cc(C)cc(C)c4)CC3)sc2c1. The third-order valence-electron chi connectivity index (χ3n) is 5.73. The first-order chi connectivity index (χ1) is 15.9. The van der Waals surface area contributed by atoms with Gasteiger partial charge in [-0.25, -0.2) is 4.98 Å². The second-order valence-corrected chi connectivity index (χ2v) is 9.58. The molecule has 174 valence electrons. The second-order valence-electron chi connectivity index (χ2n) is 8.55. The van der Waals surface area contributed by atoms with E-state index >= 15 is 0 Å². The topological polar surface area (TPSA) is 83.6 Å². The molecule has 2 amide bonds. The Morgan fingerprint density at radius 2 is 1.82 bits per heavy atom. The molecule has 1 fully saturated rings. The Kier molecular flexibility index (Phi) is 7.25. The number of piperidine rings is 1. The maximum Gasteiger partial charge on any atom is 0.238 e. The Labute approximate surface area is 198 Å². The van der Waals surface area contributed by atoms with Gasteiger partial charge in [-0.05, 0) is 88.2 Å². The average Bonchev–Trinajstić information content (AvgIpc) is 3.15. The molecule has 1 saturated heterocycles. The first kappa shape index (κ1) is 23.2. The summed E-state index contributed by atoms with van der Waals surface area (Å²) in [5.74, 6) is 0.706. The molecule has 0 unspecified atom stereocenters. The van der Waals surface area contributed by atoms with E-state index in [1.165, 1.54) is 11.3 Å². The van der Waals surface area contributed by atoms with Crippen LogP contribution < -0.4 is 15.4 Å². The zero-order valence-corrected chi connectivity index (χ0v) is 20.1. The number of thiazole rings is 1. The van der Waals surface area contributed by atoms with Gasteiger partial charge in [-0.15, -0.1) is 0 Å². The van der Waals surface area contributed by atoms with Gasteiger partial charge in [0.25, 0.3) is 0 Å². The monoisotopic (exact) mass is 466 g/mol. The minimum Gasteiger partial charge on any atom is -0.494 e. The van der Waals surface area contributed by atoms with Crippen molar-refractivity contribution < 1.29 is 14.3 Å². The lowest BCUT2D eigenvalue weighted by Gasteiger charge is -2.30. The lowest BCUT2D eigenvalue weighted by molar-refractivity contribution is -0.121. The van der Waals surface area contributed by atoms with Gasteiger partial charge in [0.2, 0.25) is 11.8 Å². The fourth-order valence-electron chi connectivity index (χ4n) is 4.23. The van der Waals surface area contributed by atoms with Gasteiger partial charge in [0, 0.05) is 11.6 Å². The number of nitrogens with one attached hydrogen (secondary N) is 2. The molecule has 7 nitrogen and oxygen atoms in total. The Hall–Kier alpha value is -2.97. The maximum absolute atomic E-state index is 12.8. The zero-order valence-electron chi connectivity index (χ0n) is 19.3. The number of likely N-dealkylation sites (tertiary alicyclic amines) is 1. The van der Waals surface area contributed by atoms with Crippen LogP contribution in [0.5, 0.6) is 5.75 Å². The molecular weight excluding hydrogens is 436 g/mol. The van der Waals surface area contributed by atoms with Crippen molar-refractivity contribution in [2.75, 3.05) is 36.9 Å². The number of ether oxygens (including phenoxy) is 1. The minimum absolute atomic E-state index is 0.00146. The van der Waals surface area contributed by atoms with E-state index in [0.29, 0.717) is 18.3 Å². The molecule has 0 atom stereocenters. The highest BCUT2D eigenvalue weighted by atomic mass is 32.1. The van der Waals surface area contributed by atoms with E-state index in [0.717, 1.165) is 58.7 Å². The molecule has 1 aliphatic heterocycles. The highest BCUT2D eigenvalue weighted by molar-refractivity contribution is 7.22. The van der Waals surface area contributed by atoms with E-state index in [9.17, 15) is 9.59 Å². The van der Waals surface area contributed by atoms with Crippen molar-refractivity contribution in [3.63, 3.8) is 0 Å². The van der Waals surface area contributed by atoms with E-state index in [-0.39, 0.29) is 17.7 Å². The van der Waals surface area contributed by atoms with E-state index < -0.39 is 0 Å². The van der Waals surface area contributed by atoms with Crippen molar-refractivity contribution in [2.24, 2.45) is 5.92 Å². The molecule has 0 aliphatic carbocycles. The van der Waals surface area contributed by atoms with E-state index in [2.05, 4.69) is 26.6 Å². The lowest BCUT2D eigenvalue weighted by Crippen LogP contribution is -2.41. The van der Waals surface area contributed by atoms with Crippen molar-refractivity contribution in [3.8, 4) is 5.75 Å². The van der Waals surface area contributed by atoms with Crippen molar-refractivity contribution in [1.29, 1.82) is 0 Å². The summed E-state index contributed by atoms with van der Waals surface area (Å²) in [7, 11) is 0. The smallest absolute Gasteiger partial charge is 0.238 e. The van der Waals surface area contributed by atoms with Crippen LogP contribution in [0.3, 0.4) is 0 Å². The molecule has 1 aliphatic rings. The fraction of sp³-hybridized carbons (Fsp3) is 0.400. The van der Waals surface area contributed by atoms with E-state index in [4.69, 9.17) is 4.74 Å². The van der Waals surface area contributed by atoms with Crippen LogP contribution in [0, 0.1) is 19.8 Å². The summed E-state index contributed by atoms with van der Waals surface area (Å²) < 4.78 is 6.53. The number of aryl methyl sites for hydroxylation is 2. The third-order valence-corrected chi connectivity index (χ3v) is 6.67. The molecule has 2 heterocycles. The summed E-state index contributed by atoms with van der Waals surface area (Å²) in [4.78, 5) is 31.9. The standard InChI is InChI=1S/C25H30N4O3S/c1-4-32-20-5-6-21-22(14-20)33-25(27-21)28-24(31)18-7-9-29(10-8-18)15-23(30)26-19-12-16(2)11-17(3)13-19/h5-6,11-14,18H,4,7-10,15H2,1-3H3,(H,26,30)(H,27,28,31). The Morgan fingerprint density at radius 1 is 1.09 bits per heavy atom. The van der Waals surface area contributed by atoms with Crippen molar-refractivity contribution in [1.82, 2.24) is 9.88 Å². The number of anilines is 2. The molecule has 2 aromatic carbocycles. The summed E-state index contributed by atoms with van der Waals surface area (Å²) in [6, 6.07) is 11.8. The number of amides is 2. The van der Waals surface area contributed by atoms with Crippen molar-refractivity contribution in [3.05, 3.63) is 47.5 Å². The number of nitrogens with zero attached hydrogens (tertiary/aromatic N) is 2. The van der Waals surface area contributed by atoms with Gasteiger partial charge < -0.3 is 15.4 Å². The number of carbonyl (C=O) groups is 2. The summed E-state index contributed by atoms with van der Waals surface area (Å²) in [5, 5.41) is 6.58. The number of fused-ring (bicyclic) bond motifs is 1. The summed E-state index contributed by atoms with van der Waals surface area (Å²) in [6.07, 6.45) is 1.45. The van der Waals surface area contributed by atoms with Gasteiger partial charge in [0.1, 0.15) is 5.75 Å². The first-order valence-electron chi connectivity index (χ1n) is 11.3. The van der Waals surface area contributed by atoms with Crippen LogP contribution in [0.25, 0.3) is 10.2 Å². The molecule has 0 saturated carbocycles. The number of rotatable bonds is 7. The molecule has 3 aromatic rings. The molecule has 1 aromatic heterocycles. The lowest BCUT2D eigenvalue weighted by atomic mass is 9.96. The Morgan fingerprint density at radius 3 is 2.52 bits per heavy atom. The number of aromatic nitrogens is 1. The fourth-order valence-corrected chi connectivity index (χ4v) is 5.12. The highest BCUT2D eigenvalue weighted by Gasteiger charge is 2.26. The number of hydrogen-bond donors (Lipinski definition) is 2. The maximum atomic E-state index is 12.8. The van der Waals surface area contributed by atoms with Gasteiger partial charge in [-0.3, -0.25) is 14.5 Å². The number of benzene rings is 2. The summed E-state index contributed by atoms with van der Waals surface area (Å²) in [5.41, 5.74) is 3.93. The van der Waals surface area contributed by atoms with Gasteiger partial charge >= 0.3 is 0 Å². The third kappa shape index (κ3) is 6.09. The Bertz CT molecular complexity index is 1130. The van der Waals surface area contributed by atoms with Crippen LogP contribution in [0.2, 0.25) is 0 Å². The zero-order chi connectivity index (χ0) is 23.4. The van der Waals surface area contributed by atoms with Gasteiger partial charge in [0.15, 0.2) is 5.13 Å². The largest absolute Gasteiger partial charge is 0.494 e. The van der Waals surface area contributed by atoms with Crippen LogP contribution in [0.15, 0.2) is 36.4 Å². The molecule has 0 radical (unpaired) electrons. The molecule has 0 bridgehead atoms. The van der Waals surface area contributed by atoms with Crippen LogP contribution in [-0.2, 0) is 9.59 Å². The normalized spacial score (nSPS) is 14.9. The number of carbonyl (C=O) groups excluding carboxylic acids is 2. The van der Waals surface area contributed by atoms with Crippen LogP contribution in [-0.4, -0.2) is 47.9 Å². The molecule has 8 heteroatoms. The van der Waals surface area contributed by atoms with Gasteiger partial charge in [-0.2, -0.15) is 0 Å². The summed E-state index contributed by atoms with van der Waals surface area (Å²) >= 11 is 1.45. The highest BCUT2D eigenvalue weighted by Crippen LogP contribution is 2.30. The first-order valence-corrected chi connectivity index (χ1v) is 12.2. The van der Waals surface area contributed by atoms with Gasteiger partial charge in [-0.1, -0.05) is 17.4 Å². The van der Waals surface area contributed by atoms with Crippen molar-refractivity contribution in [2.45, 2.75) is 33.6 Å². The minimum atomic E-state index is -0.0743. The number of hydrogen-bond acceptors (Lipinski definition) is 6. The van der Waals surface area contributed by atoms with E-state index in [1.807, 2.05) is 51.1 Å². The molecule has 2 N–H and O–H groups in total. The van der Waals surface area contributed by atoms with Crippen LogP contribution >= 0.6 is 11.3 Å². The summed E-state index contributed by atoms with van der Waals surface area (Å²) in [6.45, 7) is 8.37. The molecule has 33 heavy (non-hydrogen) atoms. The predicted octanol–water partition coefficient (Wildman–Crippen LogP) is 4.60. The Balaban J connectivity index is 1.26.